The van der Waals surface area contributed by atoms with E-state index in [0.717, 1.165) is 39.8 Å². The summed E-state index contributed by atoms with van der Waals surface area (Å²) in [5, 5.41) is 13.8. The summed E-state index contributed by atoms with van der Waals surface area (Å²) in [5.41, 5.74) is 3.69. The van der Waals surface area contributed by atoms with Gasteiger partial charge in [-0.15, -0.1) is 5.10 Å². The highest BCUT2D eigenvalue weighted by atomic mass is 19.1. The van der Waals surface area contributed by atoms with Crippen LogP contribution in [0.15, 0.2) is 70.1 Å². The number of tetrazole rings is 1. The van der Waals surface area contributed by atoms with E-state index in [1.165, 1.54) is 12.1 Å². The largest absolute Gasteiger partial charge is 0.468 e. The molecular weight excluding hydrogens is 495 g/mol. The Bertz CT molecular complexity index is 1640. The summed E-state index contributed by atoms with van der Waals surface area (Å²) in [5.74, 6) is 0.961. The number of furan rings is 1. The maximum Gasteiger partial charge on any atom is 0.253 e. The second-order valence-corrected chi connectivity index (χ2v) is 10.7. The molecule has 3 aromatic heterocycles. The van der Waals surface area contributed by atoms with Gasteiger partial charge in [0.2, 0.25) is 0 Å². The lowest BCUT2D eigenvalue weighted by atomic mass is 9.98. The van der Waals surface area contributed by atoms with Crippen LogP contribution in [0, 0.1) is 19.7 Å². The molecule has 0 radical (unpaired) electrons. The van der Waals surface area contributed by atoms with E-state index in [0.29, 0.717) is 24.5 Å². The van der Waals surface area contributed by atoms with Gasteiger partial charge in [-0.2, -0.15) is 0 Å². The monoisotopic (exact) mass is 528 g/mol. The number of benzene rings is 2. The molecule has 0 spiro atoms. The lowest BCUT2D eigenvalue weighted by Crippen LogP contribution is -2.38. The third kappa shape index (κ3) is 5.40. The van der Waals surface area contributed by atoms with Gasteiger partial charge in [0.05, 0.1) is 23.9 Å². The van der Waals surface area contributed by atoms with Crippen LogP contribution in [0.2, 0.25) is 0 Å². The lowest BCUT2D eigenvalue weighted by Gasteiger charge is -2.33. The molecule has 0 aliphatic rings. The quantitative estimate of drug-likeness (QED) is 0.260. The maximum absolute atomic E-state index is 13.8. The Morgan fingerprint density at radius 3 is 2.56 bits per heavy atom. The molecule has 9 heteroatoms. The maximum atomic E-state index is 13.8. The van der Waals surface area contributed by atoms with Crippen LogP contribution < -0.4 is 5.56 Å². The minimum absolute atomic E-state index is 0.216. The molecule has 0 saturated heterocycles. The van der Waals surface area contributed by atoms with Crippen LogP contribution in [0.4, 0.5) is 4.39 Å². The minimum atomic E-state index is -0.630. The molecule has 3 heterocycles. The second-order valence-electron chi connectivity index (χ2n) is 10.7. The standard InChI is InChI=1S/C30H33FN6O2/c1-6-30(4,5)37-28(33-34-35-37)27(25-16-22-15-19(2)14-20(3)26(22)32-29(25)38)36(18-24-8-7-13-39-24)17-21-9-11-23(31)12-10-21/h7-16,27H,6,17-18H2,1-5H3,(H,32,38)/t27-/m0/s1. The van der Waals surface area contributed by atoms with Crippen molar-refractivity contribution in [1.82, 2.24) is 30.1 Å². The molecule has 0 fully saturated rings. The van der Waals surface area contributed by atoms with Crippen molar-refractivity contribution in [1.29, 1.82) is 0 Å². The molecule has 0 aliphatic carbocycles. The van der Waals surface area contributed by atoms with E-state index >= 15 is 0 Å². The summed E-state index contributed by atoms with van der Waals surface area (Å²) in [6.45, 7) is 11.0. The predicted molar refractivity (Wildman–Crippen MR) is 148 cm³/mol. The van der Waals surface area contributed by atoms with Gasteiger partial charge in [-0.25, -0.2) is 9.07 Å². The van der Waals surface area contributed by atoms with Gasteiger partial charge in [0, 0.05) is 12.1 Å². The fraction of sp³-hybridized carbons (Fsp3) is 0.333. The van der Waals surface area contributed by atoms with Crippen LogP contribution in [-0.2, 0) is 18.6 Å². The molecule has 1 atom stereocenters. The zero-order chi connectivity index (χ0) is 27.7. The van der Waals surface area contributed by atoms with Crippen molar-refractivity contribution in [2.75, 3.05) is 0 Å². The van der Waals surface area contributed by atoms with Gasteiger partial charge in [-0.1, -0.05) is 30.7 Å². The van der Waals surface area contributed by atoms with Gasteiger partial charge in [0.15, 0.2) is 5.82 Å². The third-order valence-electron chi connectivity index (χ3n) is 7.40. The van der Waals surface area contributed by atoms with Crippen LogP contribution in [0.1, 0.15) is 67.1 Å². The number of pyridine rings is 1. The second kappa shape index (κ2) is 10.6. The van der Waals surface area contributed by atoms with Crippen LogP contribution in [-0.4, -0.2) is 30.1 Å². The van der Waals surface area contributed by atoms with Gasteiger partial charge >= 0.3 is 0 Å². The molecule has 0 saturated carbocycles. The topological polar surface area (TPSA) is 92.8 Å². The smallest absolute Gasteiger partial charge is 0.253 e. The number of nitrogens with one attached hydrogen (secondary N) is 1. The van der Waals surface area contributed by atoms with Gasteiger partial charge in [0.1, 0.15) is 17.6 Å². The molecule has 1 N–H and O–H groups in total. The number of hydrogen-bond acceptors (Lipinski definition) is 6. The van der Waals surface area contributed by atoms with Gasteiger partial charge < -0.3 is 9.40 Å². The molecule has 39 heavy (non-hydrogen) atoms. The number of nitrogens with zero attached hydrogens (tertiary/aromatic N) is 5. The first kappa shape index (κ1) is 26.5. The fourth-order valence-electron chi connectivity index (χ4n) is 5.02. The molecule has 8 nitrogen and oxygen atoms in total. The number of halogens is 1. The third-order valence-corrected chi connectivity index (χ3v) is 7.40. The van der Waals surface area contributed by atoms with Gasteiger partial charge in [0.25, 0.3) is 5.56 Å². The van der Waals surface area contributed by atoms with Crippen molar-refractivity contribution in [3.8, 4) is 0 Å². The number of H-pyrrole nitrogens is 1. The Hall–Kier alpha value is -4.11. The van der Waals surface area contributed by atoms with E-state index in [-0.39, 0.29) is 11.4 Å². The summed E-state index contributed by atoms with van der Waals surface area (Å²) in [7, 11) is 0. The predicted octanol–water partition coefficient (Wildman–Crippen LogP) is 5.80. The zero-order valence-electron chi connectivity index (χ0n) is 22.9. The molecule has 202 valence electrons. The number of aromatic nitrogens is 5. The van der Waals surface area contributed by atoms with Crippen LogP contribution in [0.25, 0.3) is 10.9 Å². The highest BCUT2D eigenvalue weighted by Crippen LogP contribution is 2.33. The Morgan fingerprint density at radius 1 is 1.10 bits per heavy atom. The molecular formula is C30H33FN6O2. The van der Waals surface area contributed by atoms with Crippen LogP contribution >= 0.6 is 0 Å². The first-order valence-corrected chi connectivity index (χ1v) is 13.1. The highest BCUT2D eigenvalue weighted by molar-refractivity contribution is 5.83. The highest BCUT2D eigenvalue weighted by Gasteiger charge is 2.35. The van der Waals surface area contributed by atoms with Crippen molar-refractivity contribution in [3.05, 3.63) is 111 Å². The Morgan fingerprint density at radius 2 is 1.87 bits per heavy atom. The van der Waals surface area contributed by atoms with E-state index in [1.807, 2.05) is 36.7 Å². The normalized spacial score (nSPS) is 12.9. The number of aromatic amines is 1. The minimum Gasteiger partial charge on any atom is -0.468 e. The lowest BCUT2D eigenvalue weighted by molar-refractivity contribution is 0.168. The van der Waals surface area contributed by atoms with E-state index in [4.69, 9.17) is 4.42 Å². The number of rotatable bonds is 9. The summed E-state index contributed by atoms with van der Waals surface area (Å²) in [4.78, 5) is 19.0. The molecule has 0 unspecified atom stereocenters. The SMILES string of the molecule is CCC(C)(C)n1nnnc1[C@H](c1cc2cc(C)cc(C)c2[nH]c1=O)N(Cc1ccc(F)cc1)Cc1ccco1. The Labute approximate surface area is 226 Å². The van der Waals surface area contributed by atoms with Gasteiger partial charge in [-0.05, 0) is 97.5 Å². The van der Waals surface area contributed by atoms with E-state index in [9.17, 15) is 9.18 Å². The van der Waals surface area contributed by atoms with E-state index < -0.39 is 11.6 Å². The van der Waals surface area contributed by atoms with E-state index in [1.54, 1.807) is 18.4 Å². The van der Waals surface area contributed by atoms with Crippen molar-refractivity contribution in [2.24, 2.45) is 0 Å². The summed E-state index contributed by atoms with van der Waals surface area (Å²) in [6.07, 6.45) is 2.40. The number of fused-ring (bicyclic) bond motifs is 1. The summed E-state index contributed by atoms with van der Waals surface area (Å²) < 4.78 is 21.3. The summed E-state index contributed by atoms with van der Waals surface area (Å²) >= 11 is 0. The first-order chi connectivity index (χ1) is 18.7. The first-order valence-electron chi connectivity index (χ1n) is 13.1. The molecule has 0 bridgehead atoms. The summed E-state index contributed by atoms with van der Waals surface area (Å²) in [6, 6.07) is 15.5. The van der Waals surface area contributed by atoms with Crippen molar-refractivity contribution >= 4 is 10.9 Å². The Kier molecular flexibility index (Phi) is 7.18. The molecule has 2 aromatic carbocycles. The van der Waals surface area contributed by atoms with Crippen molar-refractivity contribution in [3.63, 3.8) is 0 Å². The van der Waals surface area contributed by atoms with E-state index in [2.05, 4.69) is 58.3 Å². The molecule has 5 rings (SSSR count). The number of hydrogen-bond donors (Lipinski definition) is 1. The Balaban J connectivity index is 1.75. The molecule has 0 aliphatic heterocycles. The van der Waals surface area contributed by atoms with Gasteiger partial charge in [-0.3, -0.25) is 9.69 Å². The average molecular weight is 529 g/mol. The van der Waals surface area contributed by atoms with Crippen molar-refractivity contribution in [2.45, 2.75) is 65.7 Å². The molecule has 0 amide bonds. The zero-order valence-corrected chi connectivity index (χ0v) is 22.9. The van der Waals surface area contributed by atoms with Crippen molar-refractivity contribution < 1.29 is 8.81 Å². The molecule has 5 aromatic rings. The fourth-order valence-corrected chi connectivity index (χ4v) is 5.02. The van der Waals surface area contributed by atoms with Crippen LogP contribution in [0.3, 0.4) is 0 Å². The average Bonchev–Trinajstić information content (AvgIpc) is 3.59. The van der Waals surface area contributed by atoms with Crippen LogP contribution in [0.5, 0.6) is 0 Å². The number of aryl methyl sites for hydroxylation is 2.